The summed E-state index contributed by atoms with van der Waals surface area (Å²) in [5.41, 5.74) is 0.445. The van der Waals surface area contributed by atoms with E-state index in [0.717, 1.165) is 0 Å². The van der Waals surface area contributed by atoms with Gasteiger partial charge in [0.25, 0.3) is 0 Å². The second-order valence-corrected chi connectivity index (χ2v) is 6.58. The molecule has 1 saturated carbocycles. The van der Waals surface area contributed by atoms with Crippen molar-refractivity contribution < 1.29 is 13.9 Å². The van der Waals surface area contributed by atoms with E-state index in [9.17, 15) is 13.9 Å². The van der Waals surface area contributed by atoms with Crippen molar-refractivity contribution in [3.05, 3.63) is 38.5 Å². The van der Waals surface area contributed by atoms with Gasteiger partial charge < -0.3 is 5.11 Å². The van der Waals surface area contributed by atoms with E-state index in [-0.39, 0.29) is 18.8 Å². The summed E-state index contributed by atoms with van der Waals surface area (Å²) in [6.07, 6.45) is -1.36. The van der Waals surface area contributed by atoms with Gasteiger partial charge in [-0.25, -0.2) is 13.8 Å². The van der Waals surface area contributed by atoms with E-state index in [0.29, 0.717) is 20.3 Å². The fourth-order valence-electron chi connectivity index (χ4n) is 2.06. The van der Waals surface area contributed by atoms with Crippen LogP contribution in [0, 0.1) is 0 Å². The van der Waals surface area contributed by atoms with Gasteiger partial charge >= 0.3 is 0 Å². The third-order valence-corrected chi connectivity index (χ3v) is 4.73. The van der Waals surface area contributed by atoms with Crippen LogP contribution in [-0.4, -0.2) is 26.2 Å². The van der Waals surface area contributed by atoms with Gasteiger partial charge in [0.15, 0.2) is 5.01 Å². The highest BCUT2D eigenvalue weighted by Crippen LogP contribution is 2.49. The molecule has 0 saturated heterocycles. The first-order valence-electron chi connectivity index (χ1n) is 5.96. The van der Waals surface area contributed by atoms with Crippen molar-refractivity contribution in [3.63, 3.8) is 0 Å². The molecule has 2 aromatic rings. The van der Waals surface area contributed by atoms with Gasteiger partial charge in [0.1, 0.15) is 15.7 Å². The second-order valence-electron chi connectivity index (χ2n) is 4.73. The zero-order chi connectivity index (χ0) is 14.3. The molecular formula is C12H10BrF2N3OS. The van der Waals surface area contributed by atoms with Gasteiger partial charge in [0.05, 0.1) is 5.69 Å². The van der Waals surface area contributed by atoms with Crippen molar-refractivity contribution in [3.8, 4) is 0 Å². The fourth-order valence-corrected chi connectivity index (χ4v) is 3.36. The van der Waals surface area contributed by atoms with Gasteiger partial charge in [-0.05, 0) is 28.1 Å². The average Bonchev–Trinajstić information content (AvgIpc) is 2.84. The van der Waals surface area contributed by atoms with Crippen LogP contribution in [0.1, 0.15) is 40.6 Å². The van der Waals surface area contributed by atoms with Crippen LogP contribution in [0.25, 0.3) is 0 Å². The van der Waals surface area contributed by atoms with E-state index in [1.165, 1.54) is 11.3 Å². The summed E-state index contributed by atoms with van der Waals surface area (Å²) in [5.74, 6) is -2.83. The molecule has 0 amide bonds. The molecule has 4 nitrogen and oxygen atoms in total. The van der Waals surface area contributed by atoms with Crippen LogP contribution < -0.4 is 0 Å². The zero-order valence-corrected chi connectivity index (χ0v) is 12.5. The van der Waals surface area contributed by atoms with Crippen molar-refractivity contribution in [1.82, 2.24) is 15.2 Å². The molecule has 1 unspecified atom stereocenters. The highest BCUT2D eigenvalue weighted by atomic mass is 79.9. The van der Waals surface area contributed by atoms with Crippen molar-refractivity contribution in [2.24, 2.45) is 0 Å². The third-order valence-electron chi connectivity index (χ3n) is 3.15. The van der Waals surface area contributed by atoms with Crippen LogP contribution in [0.5, 0.6) is 0 Å². The van der Waals surface area contributed by atoms with Crippen molar-refractivity contribution in [2.75, 3.05) is 0 Å². The monoisotopic (exact) mass is 361 g/mol. The van der Waals surface area contributed by atoms with Gasteiger partial charge in [-0.3, -0.25) is 0 Å². The van der Waals surface area contributed by atoms with Gasteiger partial charge in [-0.1, -0.05) is 17.4 Å². The van der Waals surface area contributed by atoms with Crippen LogP contribution >= 0.6 is 27.3 Å². The Balaban J connectivity index is 1.77. The zero-order valence-electron chi connectivity index (χ0n) is 10.1. The molecule has 1 aliphatic rings. The number of hydrogen-bond donors (Lipinski definition) is 1. The Kier molecular flexibility index (Phi) is 3.55. The largest absolute Gasteiger partial charge is 0.379 e. The van der Waals surface area contributed by atoms with E-state index >= 15 is 0 Å². The maximum atomic E-state index is 12.8. The van der Waals surface area contributed by atoms with Gasteiger partial charge in [-0.2, -0.15) is 0 Å². The summed E-state index contributed by atoms with van der Waals surface area (Å²) in [4.78, 5) is 4.15. The summed E-state index contributed by atoms with van der Waals surface area (Å²) >= 11 is 4.39. The lowest BCUT2D eigenvalue weighted by Crippen LogP contribution is -2.33. The smallest absolute Gasteiger partial charge is 0.249 e. The lowest BCUT2D eigenvalue weighted by Gasteiger charge is -2.32. The highest BCUT2D eigenvalue weighted by molar-refractivity contribution is 9.10. The standard InChI is InChI=1S/C12H10BrF2N3OS/c13-8-3-1-2-7(16-8)9(19)11-18-17-10(20-11)6-4-12(14,15)5-6/h1-3,6,9,19H,4-5H2. The van der Waals surface area contributed by atoms with Crippen LogP contribution in [0.15, 0.2) is 22.8 Å². The Morgan fingerprint density at radius 2 is 2.10 bits per heavy atom. The number of halogens is 3. The lowest BCUT2D eigenvalue weighted by atomic mass is 9.82. The maximum absolute atomic E-state index is 12.8. The number of pyridine rings is 1. The molecule has 0 bridgehead atoms. The summed E-state index contributed by atoms with van der Waals surface area (Å²) in [6.45, 7) is 0. The van der Waals surface area contributed by atoms with Crippen molar-refractivity contribution in [1.29, 1.82) is 0 Å². The number of hydrogen-bond acceptors (Lipinski definition) is 5. The molecule has 0 radical (unpaired) electrons. The minimum absolute atomic E-state index is 0.188. The first-order valence-corrected chi connectivity index (χ1v) is 7.57. The normalized spacial score (nSPS) is 19.6. The molecule has 1 aliphatic carbocycles. The lowest BCUT2D eigenvalue weighted by molar-refractivity contribution is -0.0868. The summed E-state index contributed by atoms with van der Waals surface area (Å²) in [5, 5.41) is 18.9. The first-order chi connectivity index (χ1) is 9.44. The predicted octanol–water partition coefficient (Wildman–Crippen LogP) is 3.29. The Bertz CT molecular complexity index is 629. The maximum Gasteiger partial charge on any atom is 0.249 e. The number of aliphatic hydroxyl groups is 1. The molecule has 20 heavy (non-hydrogen) atoms. The number of nitrogens with zero attached hydrogens (tertiary/aromatic N) is 3. The van der Waals surface area contributed by atoms with E-state index in [1.54, 1.807) is 18.2 Å². The Labute approximate surface area is 126 Å². The van der Waals surface area contributed by atoms with Gasteiger partial charge in [0.2, 0.25) is 5.92 Å². The van der Waals surface area contributed by atoms with Crippen LogP contribution in [0.3, 0.4) is 0 Å². The van der Waals surface area contributed by atoms with E-state index < -0.39 is 12.0 Å². The molecule has 1 fully saturated rings. The highest BCUT2D eigenvalue weighted by Gasteiger charge is 2.47. The molecular weight excluding hydrogens is 352 g/mol. The van der Waals surface area contributed by atoms with Crippen LogP contribution in [0.2, 0.25) is 0 Å². The molecule has 1 atom stereocenters. The first kappa shape index (κ1) is 14.0. The molecule has 0 spiro atoms. The molecule has 3 rings (SSSR count). The second kappa shape index (κ2) is 5.09. The molecule has 1 N–H and O–H groups in total. The van der Waals surface area contributed by atoms with Crippen LogP contribution in [0.4, 0.5) is 8.78 Å². The SMILES string of the molecule is OC(c1cccc(Br)n1)c1nnc(C2CC(F)(F)C2)s1. The Morgan fingerprint density at radius 3 is 2.75 bits per heavy atom. The van der Waals surface area contributed by atoms with E-state index in [1.807, 2.05) is 0 Å². The molecule has 0 aliphatic heterocycles. The summed E-state index contributed by atoms with van der Waals surface area (Å²) in [6, 6.07) is 5.18. The molecule has 106 valence electrons. The molecule has 0 aromatic carbocycles. The van der Waals surface area contributed by atoms with Gasteiger partial charge in [-0.15, -0.1) is 10.2 Å². The summed E-state index contributed by atoms with van der Waals surface area (Å²) in [7, 11) is 0. The Hall–Kier alpha value is -0.990. The van der Waals surface area contributed by atoms with Gasteiger partial charge in [0, 0.05) is 18.8 Å². The van der Waals surface area contributed by atoms with Crippen LogP contribution in [-0.2, 0) is 0 Å². The van der Waals surface area contributed by atoms with Crippen molar-refractivity contribution in [2.45, 2.75) is 30.8 Å². The number of aromatic nitrogens is 3. The van der Waals surface area contributed by atoms with E-state index in [4.69, 9.17) is 0 Å². The predicted molar refractivity (Wildman–Crippen MR) is 72.8 cm³/mol. The minimum atomic E-state index is -2.58. The topological polar surface area (TPSA) is 58.9 Å². The minimum Gasteiger partial charge on any atom is -0.379 e. The number of aliphatic hydroxyl groups excluding tert-OH is 1. The summed E-state index contributed by atoms with van der Waals surface area (Å²) < 4.78 is 26.3. The molecule has 8 heteroatoms. The average molecular weight is 362 g/mol. The number of rotatable bonds is 3. The fraction of sp³-hybridized carbons (Fsp3) is 0.417. The Morgan fingerprint density at radius 1 is 1.35 bits per heavy atom. The van der Waals surface area contributed by atoms with E-state index in [2.05, 4.69) is 31.1 Å². The molecule has 2 heterocycles. The quantitative estimate of drug-likeness (QED) is 0.852. The number of alkyl halides is 2. The third kappa shape index (κ3) is 2.72. The molecule has 2 aromatic heterocycles. The van der Waals surface area contributed by atoms with Crippen molar-refractivity contribution >= 4 is 27.3 Å².